The molecule has 3 aromatic carbocycles. The highest BCUT2D eigenvalue weighted by Crippen LogP contribution is 2.28. The van der Waals surface area contributed by atoms with Crippen LogP contribution in [0.15, 0.2) is 64.0 Å². The second-order valence-electron chi connectivity index (χ2n) is 6.74. The molecular weight excluding hydrogens is 336 g/mol. The third kappa shape index (κ3) is 3.34. The van der Waals surface area contributed by atoms with Gasteiger partial charge in [-0.15, -0.1) is 0 Å². The molecule has 0 unspecified atom stereocenters. The Balaban J connectivity index is 1.67. The van der Waals surface area contributed by atoms with Gasteiger partial charge in [-0.05, 0) is 73.9 Å². The summed E-state index contributed by atoms with van der Waals surface area (Å²) in [7, 11) is 0. The molecule has 4 aromatic rings. The highest BCUT2D eigenvalue weighted by Gasteiger charge is 2.09. The average Bonchev–Trinajstić information content (AvgIpc) is 3.08. The van der Waals surface area contributed by atoms with Crippen LogP contribution in [0, 0.1) is 20.8 Å². The molecule has 0 saturated heterocycles. The Hall–Kier alpha value is -3.40. The van der Waals surface area contributed by atoms with Gasteiger partial charge in [-0.1, -0.05) is 18.2 Å². The Kier molecular flexibility index (Phi) is 4.24. The molecule has 4 rings (SSSR count). The second-order valence-corrected chi connectivity index (χ2v) is 6.74. The number of phenols is 1. The Morgan fingerprint density at radius 3 is 2.59 bits per heavy atom. The van der Waals surface area contributed by atoms with Crippen molar-refractivity contribution in [1.82, 2.24) is 4.98 Å². The van der Waals surface area contributed by atoms with Crippen LogP contribution < -0.4 is 0 Å². The lowest BCUT2D eigenvalue weighted by Gasteiger charge is -2.01. The van der Waals surface area contributed by atoms with E-state index in [4.69, 9.17) is 4.42 Å². The van der Waals surface area contributed by atoms with Crippen molar-refractivity contribution in [3.8, 4) is 17.2 Å². The van der Waals surface area contributed by atoms with Crippen molar-refractivity contribution in [2.75, 3.05) is 0 Å². The number of hydrogen-bond donors (Lipinski definition) is 1. The number of aryl methyl sites for hydroxylation is 3. The van der Waals surface area contributed by atoms with Gasteiger partial charge >= 0.3 is 0 Å². The zero-order valence-corrected chi connectivity index (χ0v) is 15.5. The van der Waals surface area contributed by atoms with Crippen molar-refractivity contribution in [2.24, 2.45) is 4.99 Å². The molecule has 0 bridgehead atoms. The summed E-state index contributed by atoms with van der Waals surface area (Å²) < 4.78 is 5.90. The van der Waals surface area contributed by atoms with E-state index in [0.29, 0.717) is 11.5 Å². The Morgan fingerprint density at radius 2 is 1.78 bits per heavy atom. The summed E-state index contributed by atoms with van der Waals surface area (Å²) in [5, 5.41) is 10.1. The van der Waals surface area contributed by atoms with Gasteiger partial charge in [0.05, 0.1) is 5.69 Å². The quantitative estimate of drug-likeness (QED) is 0.467. The number of nitrogens with zero attached hydrogens (tertiary/aromatic N) is 2. The van der Waals surface area contributed by atoms with Crippen molar-refractivity contribution in [1.29, 1.82) is 0 Å². The number of benzene rings is 3. The highest BCUT2D eigenvalue weighted by molar-refractivity contribution is 5.87. The first-order valence-corrected chi connectivity index (χ1v) is 8.82. The third-order valence-electron chi connectivity index (χ3n) is 4.75. The minimum absolute atomic E-state index is 0.251. The monoisotopic (exact) mass is 356 g/mol. The molecule has 0 aliphatic rings. The molecule has 4 nitrogen and oxygen atoms in total. The molecule has 0 atom stereocenters. The van der Waals surface area contributed by atoms with E-state index >= 15 is 0 Å². The molecule has 134 valence electrons. The molecule has 1 N–H and O–H groups in total. The maximum atomic E-state index is 10.1. The number of aromatic nitrogens is 1. The van der Waals surface area contributed by atoms with E-state index in [1.165, 1.54) is 11.1 Å². The number of oxazole rings is 1. The fourth-order valence-corrected chi connectivity index (χ4v) is 2.92. The van der Waals surface area contributed by atoms with E-state index in [1.54, 1.807) is 6.21 Å². The molecule has 0 aliphatic heterocycles. The van der Waals surface area contributed by atoms with E-state index in [2.05, 4.69) is 36.0 Å². The Bertz CT molecular complexity index is 1170. The van der Waals surface area contributed by atoms with Crippen molar-refractivity contribution in [3.63, 3.8) is 0 Å². The van der Waals surface area contributed by atoms with E-state index in [9.17, 15) is 5.11 Å². The third-order valence-corrected chi connectivity index (χ3v) is 4.75. The number of rotatable bonds is 3. The zero-order valence-electron chi connectivity index (χ0n) is 15.5. The number of hydrogen-bond acceptors (Lipinski definition) is 4. The number of phenolic OH excluding ortho intramolecular Hbond substituents is 1. The summed E-state index contributed by atoms with van der Waals surface area (Å²) in [6.45, 7) is 6.03. The van der Waals surface area contributed by atoms with E-state index in [0.717, 1.165) is 27.9 Å². The van der Waals surface area contributed by atoms with Crippen molar-refractivity contribution in [3.05, 3.63) is 76.9 Å². The van der Waals surface area contributed by atoms with Crippen LogP contribution in [-0.4, -0.2) is 16.3 Å². The van der Waals surface area contributed by atoms with Crippen molar-refractivity contribution in [2.45, 2.75) is 20.8 Å². The molecular formula is C23H20N2O2. The summed E-state index contributed by atoms with van der Waals surface area (Å²) in [5.41, 5.74) is 7.15. The summed E-state index contributed by atoms with van der Waals surface area (Å²) in [5.74, 6) is 0.853. The van der Waals surface area contributed by atoms with Gasteiger partial charge in [-0.3, -0.25) is 4.99 Å². The van der Waals surface area contributed by atoms with E-state index in [-0.39, 0.29) is 5.75 Å². The molecule has 0 radical (unpaired) electrons. The fourth-order valence-electron chi connectivity index (χ4n) is 2.92. The van der Waals surface area contributed by atoms with Gasteiger partial charge in [0, 0.05) is 17.3 Å². The van der Waals surface area contributed by atoms with Gasteiger partial charge in [0.15, 0.2) is 5.58 Å². The molecule has 1 heterocycles. The maximum Gasteiger partial charge on any atom is 0.227 e. The Morgan fingerprint density at radius 1 is 0.926 bits per heavy atom. The molecule has 0 spiro atoms. The summed E-state index contributed by atoms with van der Waals surface area (Å²) in [6.07, 6.45) is 1.66. The molecule has 0 saturated carbocycles. The molecule has 0 amide bonds. The Labute approximate surface area is 157 Å². The standard InChI is InChI=1S/C23H20N2O2/c1-14-7-8-17(11-16(14)3)23-25-20-12-19(9-10-21(20)27-23)24-13-18-6-4-5-15(2)22(18)26/h4-13,26H,1-3H3. The van der Waals surface area contributed by atoms with Crippen LogP contribution in [0.3, 0.4) is 0 Å². The predicted octanol–water partition coefficient (Wildman–Crippen LogP) is 5.88. The van der Waals surface area contributed by atoms with Crippen molar-refractivity contribution < 1.29 is 9.52 Å². The first kappa shape index (κ1) is 17.0. The molecule has 0 aliphatic carbocycles. The van der Waals surface area contributed by atoms with E-state index in [1.807, 2.05) is 49.4 Å². The van der Waals surface area contributed by atoms with Gasteiger partial charge in [0.1, 0.15) is 11.3 Å². The smallest absolute Gasteiger partial charge is 0.227 e. The number of para-hydroxylation sites is 1. The van der Waals surface area contributed by atoms with Crippen LogP contribution in [0.1, 0.15) is 22.3 Å². The topological polar surface area (TPSA) is 58.6 Å². The molecule has 27 heavy (non-hydrogen) atoms. The van der Waals surface area contributed by atoms with Gasteiger partial charge in [0.2, 0.25) is 5.89 Å². The lowest BCUT2D eigenvalue weighted by atomic mass is 10.1. The maximum absolute atomic E-state index is 10.1. The van der Waals surface area contributed by atoms with Crippen LogP contribution >= 0.6 is 0 Å². The minimum atomic E-state index is 0.251. The van der Waals surface area contributed by atoms with Crippen LogP contribution in [0.2, 0.25) is 0 Å². The normalized spacial score (nSPS) is 11.5. The van der Waals surface area contributed by atoms with Gasteiger partial charge in [0.25, 0.3) is 0 Å². The van der Waals surface area contributed by atoms with Crippen LogP contribution in [0.4, 0.5) is 5.69 Å². The lowest BCUT2D eigenvalue weighted by Crippen LogP contribution is -1.84. The summed E-state index contributed by atoms with van der Waals surface area (Å²) in [6, 6.07) is 17.4. The molecule has 4 heteroatoms. The average molecular weight is 356 g/mol. The SMILES string of the molecule is Cc1ccc(-c2nc3cc(N=Cc4cccc(C)c4O)ccc3o2)cc1C. The predicted molar refractivity (Wildman–Crippen MR) is 109 cm³/mol. The first-order valence-electron chi connectivity index (χ1n) is 8.82. The lowest BCUT2D eigenvalue weighted by molar-refractivity contribution is 0.470. The van der Waals surface area contributed by atoms with Gasteiger partial charge < -0.3 is 9.52 Å². The van der Waals surface area contributed by atoms with Crippen LogP contribution in [0.25, 0.3) is 22.6 Å². The zero-order chi connectivity index (χ0) is 19.0. The second kappa shape index (κ2) is 6.72. The van der Waals surface area contributed by atoms with Crippen molar-refractivity contribution >= 4 is 23.0 Å². The minimum Gasteiger partial charge on any atom is -0.507 e. The van der Waals surface area contributed by atoms with Crippen LogP contribution in [-0.2, 0) is 0 Å². The molecule has 0 fully saturated rings. The van der Waals surface area contributed by atoms with E-state index < -0.39 is 0 Å². The van der Waals surface area contributed by atoms with Crippen LogP contribution in [0.5, 0.6) is 5.75 Å². The number of fused-ring (bicyclic) bond motifs is 1. The highest BCUT2D eigenvalue weighted by atomic mass is 16.3. The summed E-state index contributed by atoms with van der Waals surface area (Å²) in [4.78, 5) is 9.08. The largest absolute Gasteiger partial charge is 0.507 e. The first-order chi connectivity index (χ1) is 13.0. The summed E-state index contributed by atoms with van der Waals surface area (Å²) >= 11 is 0. The number of aromatic hydroxyl groups is 1. The van der Waals surface area contributed by atoms with Gasteiger partial charge in [-0.2, -0.15) is 0 Å². The fraction of sp³-hybridized carbons (Fsp3) is 0.130. The van der Waals surface area contributed by atoms with Gasteiger partial charge in [-0.25, -0.2) is 4.98 Å². The number of aliphatic imine (C=N–C) groups is 1. The molecule has 1 aromatic heterocycles.